The Labute approximate surface area is 62.2 Å². The van der Waals surface area contributed by atoms with Gasteiger partial charge in [0, 0.05) is 6.54 Å². The zero-order chi connectivity index (χ0) is 6.81. The molecule has 0 aromatic heterocycles. The summed E-state index contributed by atoms with van der Waals surface area (Å²) in [6, 6.07) is 0. The quantitative estimate of drug-likeness (QED) is 0.576. The van der Waals surface area contributed by atoms with Crippen molar-refractivity contribution in [2.45, 2.75) is 25.4 Å². The molecule has 2 rings (SSSR count). The second-order valence-corrected chi connectivity index (χ2v) is 3.27. The zero-order valence-electron chi connectivity index (χ0n) is 6.38. The van der Waals surface area contributed by atoms with Gasteiger partial charge in [0.25, 0.3) is 0 Å². The third-order valence-electron chi connectivity index (χ3n) is 2.23. The van der Waals surface area contributed by atoms with E-state index in [1.165, 1.54) is 32.4 Å². The maximum atomic E-state index is 5.52. The summed E-state index contributed by atoms with van der Waals surface area (Å²) in [4.78, 5) is 2.45. The molecule has 0 atom stereocenters. The van der Waals surface area contributed by atoms with Gasteiger partial charge in [0.1, 0.15) is 0 Å². The molecule has 0 amide bonds. The fourth-order valence-electron chi connectivity index (χ4n) is 1.19. The van der Waals surface area contributed by atoms with Crippen molar-refractivity contribution in [2.75, 3.05) is 26.2 Å². The fraction of sp³-hybridized carbons (Fsp3) is 1.00. The second kappa shape index (κ2) is 2.89. The molecule has 0 N–H and O–H groups in total. The molecule has 2 nitrogen and oxygen atoms in total. The van der Waals surface area contributed by atoms with Crippen molar-refractivity contribution >= 4 is 0 Å². The van der Waals surface area contributed by atoms with Crippen LogP contribution in [0.1, 0.15) is 19.3 Å². The number of ether oxygens (including phenoxy) is 1. The average molecular weight is 141 g/mol. The van der Waals surface area contributed by atoms with Crippen LogP contribution in [0.2, 0.25) is 0 Å². The third-order valence-corrected chi connectivity index (χ3v) is 2.23. The predicted molar refractivity (Wildman–Crippen MR) is 40.0 cm³/mol. The van der Waals surface area contributed by atoms with Crippen LogP contribution in [0.15, 0.2) is 0 Å². The first-order chi connectivity index (χ1) is 4.95. The van der Waals surface area contributed by atoms with Gasteiger partial charge in [0.2, 0.25) is 0 Å². The molecule has 1 aliphatic carbocycles. The number of hydrogen-bond acceptors (Lipinski definition) is 2. The highest BCUT2D eigenvalue weighted by Crippen LogP contribution is 2.23. The number of hydrogen-bond donors (Lipinski definition) is 0. The summed E-state index contributed by atoms with van der Waals surface area (Å²) in [7, 11) is 0. The molecule has 0 unspecified atom stereocenters. The minimum absolute atomic E-state index is 0.640. The Bertz CT molecular complexity index is 108. The van der Waals surface area contributed by atoms with Crippen molar-refractivity contribution in [2.24, 2.45) is 0 Å². The average Bonchev–Trinajstić information content (AvgIpc) is 2.58. The third kappa shape index (κ3) is 1.70. The fourth-order valence-corrected chi connectivity index (χ4v) is 1.19. The van der Waals surface area contributed by atoms with Crippen LogP contribution < -0.4 is 0 Å². The Morgan fingerprint density at radius 3 is 2.60 bits per heavy atom. The molecular formula is C8H15NO. The van der Waals surface area contributed by atoms with Crippen LogP contribution in [0.25, 0.3) is 0 Å². The van der Waals surface area contributed by atoms with E-state index in [0.29, 0.717) is 6.10 Å². The molecule has 2 heteroatoms. The molecule has 0 radical (unpaired) electrons. The largest absolute Gasteiger partial charge is 0.377 e. The number of likely N-dealkylation sites (tertiary alicyclic amines) is 1. The van der Waals surface area contributed by atoms with Gasteiger partial charge in [-0.25, -0.2) is 0 Å². The van der Waals surface area contributed by atoms with Crippen LogP contribution >= 0.6 is 0 Å². The lowest BCUT2D eigenvalue weighted by Crippen LogP contribution is -2.39. The Morgan fingerprint density at radius 2 is 2.10 bits per heavy atom. The lowest BCUT2D eigenvalue weighted by molar-refractivity contribution is 0.0715. The molecule has 0 aromatic carbocycles. The first kappa shape index (κ1) is 6.62. The number of nitrogens with zero attached hydrogens (tertiary/aromatic N) is 1. The smallest absolute Gasteiger partial charge is 0.0597 e. The summed E-state index contributed by atoms with van der Waals surface area (Å²) in [6.07, 6.45) is 4.64. The van der Waals surface area contributed by atoms with E-state index in [1.807, 2.05) is 0 Å². The van der Waals surface area contributed by atoms with Crippen LogP contribution in [0, 0.1) is 0 Å². The van der Waals surface area contributed by atoms with Gasteiger partial charge in [-0.3, -0.25) is 0 Å². The topological polar surface area (TPSA) is 12.5 Å². The summed E-state index contributed by atoms with van der Waals surface area (Å²) >= 11 is 0. The van der Waals surface area contributed by atoms with E-state index >= 15 is 0 Å². The molecule has 58 valence electrons. The molecule has 2 fully saturated rings. The van der Waals surface area contributed by atoms with Crippen LogP contribution in [0.4, 0.5) is 0 Å². The SMILES string of the molecule is C1CN(CCOC2CC2)C1. The molecular weight excluding hydrogens is 126 g/mol. The molecule has 0 aromatic rings. The highest BCUT2D eigenvalue weighted by atomic mass is 16.5. The minimum Gasteiger partial charge on any atom is -0.377 e. The summed E-state index contributed by atoms with van der Waals surface area (Å²) in [5, 5.41) is 0. The van der Waals surface area contributed by atoms with E-state index in [0.717, 1.165) is 13.2 Å². The van der Waals surface area contributed by atoms with E-state index < -0.39 is 0 Å². The van der Waals surface area contributed by atoms with Crippen molar-refractivity contribution in [1.82, 2.24) is 4.90 Å². The predicted octanol–water partition coefficient (Wildman–Crippen LogP) is 0.871. The maximum absolute atomic E-state index is 5.52. The molecule has 1 saturated carbocycles. The molecule has 0 bridgehead atoms. The second-order valence-electron chi connectivity index (χ2n) is 3.27. The van der Waals surface area contributed by atoms with Crippen LogP contribution in [-0.2, 0) is 4.74 Å². The minimum atomic E-state index is 0.640. The molecule has 1 saturated heterocycles. The van der Waals surface area contributed by atoms with Gasteiger partial charge in [-0.1, -0.05) is 0 Å². The highest BCUT2D eigenvalue weighted by Gasteiger charge is 2.22. The Balaban J connectivity index is 1.46. The van der Waals surface area contributed by atoms with Gasteiger partial charge in [0.05, 0.1) is 12.7 Å². The van der Waals surface area contributed by atoms with Gasteiger partial charge in [0.15, 0.2) is 0 Å². The highest BCUT2D eigenvalue weighted by molar-refractivity contribution is 4.74. The summed E-state index contributed by atoms with van der Waals surface area (Å²) in [5.41, 5.74) is 0. The summed E-state index contributed by atoms with van der Waals surface area (Å²) in [6.45, 7) is 4.73. The van der Waals surface area contributed by atoms with Crippen LogP contribution in [0.5, 0.6) is 0 Å². The lowest BCUT2D eigenvalue weighted by atomic mass is 10.2. The van der Waals surface area contributed by atoms with Gasteiger partial charge >= 0.3 is 0 Å². The van der Waals surface area contributed by atoms with Gasteiger partial charge in [-0.15, -0.1) is 0 Å². The maximum Gasteiger partial charge on any atom is 0.0597 e. The molecule has 2 aliphatic rings. The van der Waals surface area contributed by atoms with E-state index in [-0.39, 0.29) is 0 Å². The lowest BCUT2D eigenvalue weighted by Gasteiger charge is -2.30. The van der Waals surface area contributed by atoms with Gasteiger partial charge in [-0.05, 0) is 32.4 Å². The normalized spacial score (nSPS) is 26.4. The Kier molecular flexibility index (Phi) is 1.91. The molecule has 1 heterocycles. The van der Waals surface area contributed by atoms with Gasteiger partial charge in [-0.2, -0.15) is 0 Å². The monoisotopic (exact) mass is 141 g/mol. The summed E-state index contributed by atoms with van der Waals surface area (Å²) < 4.78 is 5.52. The summed E-state index contributed by atoms with van der Waals surface area (Å²) in [5.74, 6) is 0. The first-order valence-corrected chi connectivity index (χ1v) is 4.29. The van der Waals surface area contributed by atoms with E-state index in [9.17, 15) is 0 Å². The standard InChI is InChI=1S/C8H15NO/c1-4-9(5-1)6-7-10-8-2-3-8/h8H,1-7H2. The Hall–Kier alpha value is -0.0800. The van der Waals surface area contributed by atoms with Crippen molar-refractivity contribution in [1.29, 1.82) is 0 Å². The van der Waals surface area contributed by atoms with E-state index in [1.54, 1.807) is 0 Å². The van der Waals surface area contributed by atoms with Crippen molar-refractivity contribution in [3.8, 4) is 0 Å². The molecule has 10 heavy (non-hydrogen) atoms. The first-order valence-electron chi connectivity index (χ1n) is 4.29. The van der Waals surface area contributed by atoms with Crippen molar-refractivity contribution in [3.63, 3.8) is 0 Å². The van der Waals surface area contributed by atoms with E-state index in [2.05, 4.69) is 4.90 Å². The zero-order valence-corrected chi connectivity index (χ0v) is 6.38. The number of rotatable bonds is 4. The van der Waals surface area contributed by atoms with Crippen molar-refractivity contribution in [3.05, 3.63) is 0 Å². The van der Waals surface area contributed by atoms with Crippen LogP contribution in [-0.4, -0.2) is 37.2 Å². The molecule has 0 spiro atoms. The van der Waals surface area contributed by atoms with Gasteiger partial charge < -0.3 is 9.64 Å². The van der Waals surface area contributed by atoms with Crippen LogP contribution in [0.3, 0.4) is 0 Å². The van der Waals surface area contributed by atoms with E-state index in [4.69, 9.17) is 4.74 Å². The van der Waals surface area contributed by atoms with Crippen molar-refractivity contribution < 1.29 is 4.74 Å². The molecule has 1 aliphatic heterocycles. The Morgan fingerprint density at radius 1 is 1.30 bits per heavy atom.